The maximum Gasteiger partial charge on any atom is 0.238 e. The Bertz CT molecular complexity index is 365. The Morgan fingerprint density at radius 3 is 2.50 bits per heavy atom. The van der Waals surface area contributed by atoms with Crippen LogP contribution in [-0.2, 0) is 4.79 Å². The van der Waals surface area contributed by atoms with Gasteiger partial charge in [0.05, 0.1) is 6.54 Å². The lowest BCUT2D eigenvalue weighted by molar-refractivity contribution is -0.115. The van der Waals surface area contributed by atoms with Crippen molar-refractivity contribution >= 4 is 27.5 Å². The van der Waals surface area contributed by atoms with Gasteiger partial charge in [0.25, 0.3) is 0 Å². The molecule has 1 amide bonds. The quantitative estimate of drug-likeness (QED) is 0.808. The molecule has 3 nitrogen and oxygen atoms in total. The monoisotopic (exact) mass is 312 g/mol. The third-order valence-electron chi connectivity index (χ3n) is 2.81. The number of rotatable bonds is 7. The van der Waals surface area contributed by atoms with Gasteiger partial charge in [0.1, 0.15) is 0 Å². The fraction of sp³-hybridized carbons (Fsp3) is 0.500. The van der Waals surface area contributed by atoms with Gasteiger partial charge < -0.3 is 10.6 Å². The predicted octanol–water partition coefficient (Wildman–Crippen LogP) is 3.56. The zero-order valence-electron chi connectivity index (χ0n) is 11.0. The first-order valence-electron chi connectivity index (χ1n) is 6.44. The van der Waals surface area contributed by atoms with Crippen LogP contribution in [0.3, 0.4) is 0 Å². The Morgan fingerprint density at radius 2 is 1.94 bits per heavy atom. The number of hydrogen-bond acceptors (Lipinski definition) is 2. The van der Waals surface area contributed by atoms with E-state index in [1.807, 2.05) is 24.3 Å². The Morgan fingerprint density at radius 1 is 1.28 bits per heavy atom. The minimum Gasteiger partial charge on any atom is -0.325 e. The molecule has 0 aliphatic carbocycles. The van der Waals surface area contributed by atoms with Crippen molar-refractivity contribution in [3.05, 3.63) is 28.7 Å². The number of benzene rings is 1. The summed E-state index contributed by atoms with van der Waals surface area (Å²) >= 11 is 3.36. The van der Waals surface area contributed by atoms with Crippen molar-refractivity contribution in [3.63, 3.8) is 0 Å². The number of carbonyl (C=O) groups is 1. The van der Waals surface area contributed by atoms with Gasteiger partial charge in [0.2, 0.25) is 5.91 Å². The third kappa shape index (κ3) is 5.65. The van der Waals surface area contributed by atoms with Gasteiger partial charge in [-0.2, -0.15) is 0 Å². The highest BCUT2D eigenvalue weighted by molar-refractivity contribution is 9.10. The van der Waals surface area contributed by atoms with Crippen LogP contribution in [0.25, 0.3) is 0 Å². The third-order valence-corrected chi connectivity index (χ3v) is 3.34. The average Bonchev–Trinajstić information content (AvgIpc) is 2.37. The van der Waals surface area contributed by atoms with Crippen LogP contribution in [0.15, 0.2) is 28.7 Å². The molecule has 0 fully saturated rings. The first kappa shape index (κ1) is 15.2. The van der Waals surface area contributed by atoms with E-state index >= 15 is 0 Å². The summed E-state index contributed by atoms with van der Waals surface area (Å²) in [6.45, 7) is 4.67. The summed E-state index contributed by atoms with van der Waals surface area (Å²) in [4.78, 5) is 11.7. The first-order valence-corrected chi connectivity index (χ1v) is 7.23. The summed E-state index contributed by atoms with van der Waals surface area (Å²) in [5.41, 5.74) is 0.827. The largest absolute Gasteiger partial charge is 0.325 e. The van der Waals surface area contributed by atoms with Crippen LogP contribution in [0.2, 0.25) is 0 Å². The summed E-state index contributed by atoms with van der Waals surface area (Å²) in [5.74, 6) is 0.00637. The van der Waals surface area contributed by atoms with E-state index in [0.717, 1.165) is 29.4 Å². The van der Waals surface area contributed by atoms with Crippen LogP contribution in [0.4, 0.5) is 5.69 Å². The topological polar surface area (TPSA) is 41.1 Å². The van der Waals surface area contributed by atoms with Crippen molar-refractivity contribution in [1.82, 2.24) is 5.32 Å². The average molecular weight is 313 g/mol. The molecule has 1 rings (SSSR count). The molecule has 1 aromatic carbocycles. The molecule has 0 aliphatic rings. The normalized spacial score (nSPS) is 12.2. The van der Waals surface area contributed by atoms with Gasteiger partial charge in [-0.3, -0.25) is 4.79 Å². The lowest BCUT2D eigenvalue weighted by atomic mass is 10.1. The van der Waals surface area contributed by atoms with Gasteiger partial charge >= 0.3 is 0 Å². The summed E-state index contributed by atoms with van der Waals surface area (Å²) in [6, 6.07) is 8.02. The van der Waals surface area contributed by atoms with Crippen LogP contribution in [0.5, 0.6) is 0 Å². The molecule has 0 saturated carbocycles. The summed E-state index contributed by atoms with van der Waals surface area (Å²) in [5, 5.41) is 6.15. The Balaban J connectivity index is 2.35. The van der Waals surface area contributed by atoms with Crippen molar-refractivity contribution in [2.24, 2.45) is 0 Å². The van der Waals surface area contributed by atoms with Crippen LogP contribution in [0, 0.1) is 0 Å². The highest BCUT2D eigenvalue weighted by Crippen LogP contribution is 2.13. The number of anilines is 1. The van der Waals surface area contributed by atoms with E-state index in [2.05, 4.69) is 40.4 Å². The molecule has 1 unspecified atom stereocenters. The van der Waals surface area contributed by atoms with Crippen molar-refractivity contribution < 1.29 is 4.79 Å². The van der Waals surface area contributed by atoms with Crippen LogP contribution >= 0.6 is 15.9 Å². The maximum atomic E-state index is 11.7. The Labute approximate surface area is 117 Å². The lowest BCUT2D eigenvalue weighted by Crippen LogP contribution is -2.35. The van der Waals surface area contributed by atoms with Gasteiger partial charge in [-0.15, -0.1) is 0 Å². The number of carbonyl (C=O) groups excluding carboxylic acids is 1. The maximum absolute atomic E-state index is 11.7. The zero-order valence-corrected chi connectivity index (χ0v) is 12.6. The smallest absolute Gasteiger partial charge is 0.238 e. The molecule has 18 heavy (non-hydrogen) atoms. The molecule has 0 spiro atoms. The molecule has 0 bridgehead atoms. The molecule has 0 aromatic heterocycles. The van der Waals surface area contributed by atoms with E-state index in [9.17, 15) is 4.79 Å². The van der Waals surface area contributed by atoms with Crippen molar-refractivity contribution in [3.8, 4) is 0 Å². The summed E-state index contributed by atoms with van der Waals surface area (Å²) in [6.07, 6.45) is 3.31. The molecular weight excluding hydrogens is 292 g/mol. The second-order valence-corrected chi connectivity index (χ2v) is 5.25. The highest BCUT2D eigenvalue weighted by Gasteiger charge is 2.07. The summed E-state index contributed by atoms with van der Waals surface area (Å²) in [7, 11) is 0. The zero-order chi connectivity index (χ0) is 13.4. The SMILES string of the molecule is CCCC(CC)NCC(=O)Nc1ccc(Br)cc1. The van der Waals surface area contributed by atoms with Crippen LogP contribution in [0.1, 0.15) is 33.1 Å². The number of halogens is 1. The molecule has 2 N–H and O–H groups in total. The van der Waals surface area contributed by atoms with Gasteiger partial charge in [-0.1, -0.05) is 36.2 Å². The lowest BCUT2D eigenvalue weighted by Gasteiger charge is -2.15. The van der Waals surface area contributed by atoms with Crippen molar-refractivity contribution in [2.75, 3.05) is 11.9 Å². The van der Waals surface area contributed by atoms with E-state index in [-0.39, 0.29) is 5.91 Å². The Hall–Kier alpha value is -0.870. The van der Waals surface area contributed by atoms with Crippen molar-refractivity contribution in [1.29, 1.82) is 0 Å². The fourth-order valence-corrected chi connectivity index (χ4v) is 2.04. The van der Waals surface area contributed by atoms with Crippen LogP contribution < -0.4 is 10.6 Å². The van der Waals surface area contributed by atoms with E-state index in [1.165, 1.54) is 0 Å². The molecular formula is C14H21BrN2O. The van der Waals surface area contributed by atoms with Crippen LogP contribution in [-0.4, -0.2) is 18.5 Å². The van der Waals surface area contributed by atoms with Gasteiger partial charge in [-0.25, -0.2) is 0 Å². The molecule has 1 atom stereocenters. The molecule has 0 heterocycles. The Kier molecular flexibility index (Phi) is 6.98. The van der Waals surface area contributed by atoms with Gasteiger partial charge in [0.15, 0.2) is 0 Å². The standard InChI is InChI=1S/C14H21BrN2O/c1-3-5-12(4-2)16-10-14(18)17-13-8-6-11(15)7-9-13/h6-9,12,16H,3-5,10H2,1-2H3,(H,17,18). The molecule has 0 radical (unpaired) electrons. The second-order valence-electron chi connectivity index (χ2n) is 4.33. The molecule has 4 heteroatoms. The van der Waals surface area contributed by atoms with E-state index in [0.29, 0.717) is 12.6 Å². The molecule has 0 saturated heterocycles. The molecule has 1 aromatic rings. The molecule has 0 aliphatic heterocycles. The summed E-state index contributed by atoms with van der Waals surface area (Å²) < 4.78 is 1.01. The highest BCUT2D eigenvalue weighted by atomic mass is 79.9. The number of hydrogen-bond donors (Lipinski definition) is 2. The predicted molar refractivity (Wildman–Crippen MR) is 79.8 cm³/mol. The minimum absolute atomic E-state index is 0.00637. The molecule has 100 valence electrons. The fourth-order valence-electron chi connectivity index (χ4n) is 1.77. The van der Waals surface area contributed by atoms with E-state index in [4.69, 9.17) is 0 Å². The minimum atomic E-state index is 0.00637. The number of amides is 1. The second kappa shape index (κ2) is 8.27. The number of nitrogens with one attached hydrogen (secondary N) is 2. The van der Waals surface area contributed by atoms with Gasteiger partial charge in [-0.05, 0) is 37.1 Å². The first-order chi connectivity index (χ1) is 8.65. The van der Waals surface area contributed by atoms with Gasteiger partial charge in [0, 0.05) is 16.2 Å². The van der Waals surface area contributed by atoms with Crippen molar-refractivity contribution in [2.45, 2.75) is 39.2 Å². The van der Waals surface area contributed by atoms with E-state index < -0.39 is 0 Å². The van der Waals surface area contributed by atoms with E-state index in [1.54, 1.807) is 0 Å².